The van der Waals surface area contributed by atoms with E-state index in [9.17, 15) is 32.9 Å². The number of aryl methyl sites for hydroxylation is 1. The van der Waals surface area contributed by atoms with Crippen molar-refractivity contribution in [3.8, 4) is 0 Å². The van der Waals surface area contributed by atoms with Crippen LogP contribution in [0.2, 0.25) is 0 Å². The Morgan fingerprint density at radius 1 is 1.45 bits per heavy atom. The molecule has 3 rings (SSSR count). The fraction of sp³-hybridized carbons (Fsp3) is 0.444. The van der Waals surface area contributed by atoms with Crippen molar-refractivity contribution in [1.29, 1.82) is 0 Å². The predicted molar refractivity (Wildman–Crippen MR) is 128 cm³/mol. The van der Waals surface area contributed by atoms with Gasteiger partial charge in [-0.2, -0.15) is 8.42 Å². The second-order valence-corrected chi connectivity index (χ2v) is 9.98. The Labute approximate surface area is 218 Å². The molecule has 1 saturated heterocycles. The van der Waals surface area contributed by atoms with Crippen LogP contribution in [0.15, 0.2) is 16.7 Å². The highest BCUT2D eigenvalue weighted by Gasteiger charge is 2.51. The molecule has 0 radical (unpaired) electrons. The van der Waals surface area contributed by atoms with Crippen LogP contribution in [0.1, 0.15) is 25.4 Å². The third-order valence-electron chi connectivity index (χ3n) is 5.26. The van der Waals surface area contributed by atoms with Crippen molar-refractivity contribution >= 4 is 56.1 Å². The first kappa shape index (κ1) is 28.4. The van der Waals surface area contributed by atoms with E-state index >= 15 is 0 Å². The number of thiazole rings is 1. The zero-order chi connectivity index (χ0) is 28.4. The smallest absolute Gasteiger partial charge is 0.362 e. The van der Waals surface area contributed by atoms with E-state index in [2.05, 4.69) is 20.4 Å². The number of hydrogen-bond acceptors (Lipinski definition) is 14. The summed E-state index contributed by atoms with van der Waals surface area (Å²) in [5, 5.41) is 18.4. The molecule has 0 aromatic carbocycles. The average molecular weight is 575 g/mol. The van der Waals surface area contributed by atoms with Crippen molar-refractivity contribution in [2.24, 2.45) is 5.16 Å². The molecule has 0 spiro atoms. The number of anilines is 1. The first-order valence-electron chi connectivity index (χ1n) is 10.6. The van der Waals surface area contributed by atoms with E-state index in [0.717, 1.165) is 17.5 Å². The molecule has 0 bridgehead atoms. The van der Waals surface area contributed by atoms with Gasteiger partial charge in [0, 0.05) is 12.3 Å². The minimum atomic E-state index is -4.80. The van der Waals surface area contributed by atoms with E-state index in [0.29, 0.717) is 5.82 Å². The van der Waals surface area contributed by atoms with Crippen LogP contribution < -0.4 is 11.1 Å². The molecule has 2 aromatic rings. The number of rotatable bonds is 11. The van der Waals surface area contributed by atoms with Gasteiger partial charge in [-0.25, -0.2) is 23.6 Å². The van der Waals surface area contributed by atoms with Crippen molar-refractivity contribution in [2.45, 2.75) is 45.5 Å². The highest BCUT2D eigenvalue weighted by atomic mass is 32.2. The number of nitrogen functional groups attached to an aromatic ring is 1. The summed E-state index contributed by atoms with van der Waals surface area (Å²) in [6, 6.07) is -2.39. The number of amides is 2. The molecule has 4 N–H and O–H groups in total. The molecule has 206 valence electrons. The van der Waals surface area contributed by atoms with Gasteiger partial charge in [-0.05, 0) is 18.8 Å². The Hall–Kier alpha value is -4.17. The molecule has 1 fully saturated rings. The molecule has 0 aliphatic carbocycles. The van der Waals surface area contributed by atoms with Gasteiger partial charge in [-0.15, -0.1) is 11.3 Å². The van der Waals surface area contributed by atoms with Crippen LogP contribution in [0, 0.1) is 17.0 Å². The molecule has 2 aromatic heterocycles. The zero-order valence-corrected chi connectivity index (χ0v) is 21.6. The molecule has 2 amide bonds. The summed E-state index contributed by atoms with van der Waals surface area (Å²) in [4.78, 5) is 60.5. The minimum absolute atomic E-state index is 0.0518. The standard InChI is InChI=1S/C18H22N8O10S2/c1-8-13(16(28)25(8)38(32,33)34)22-15(27)14(11-7-37-18(19)21-11)23-36-9(2)17(29)35-5-4-24-10(3)20-6-12(24)26(30)31/h6-9,13H,4-5H2,1-3H3,(H2,19,21)(H,22,27)(H,32,33,34)/t8-,9?,13-/m0/s1. The van der Waals surface area contributed by atoms with E-state index in [4.69, 9.17) is 19.9 Å². The van der Waals surface area contributed by atoms with Crippen molar-refractivity contribution in [3.63, 3.8) is 0 Å². The second-order valence-electron chi connectivity index (χ2n) is 7.80. The van der Waals surface area contributed by atoms with Crippen molar-refractivity contribution in [3.05, 3.63) is 33.2 Å². The Morgan fingerprint density at radius 3 is 2.68 bits per heavy atom. The maximum atomic E-state index is 12.8. The van der Waals surface area contributed by atoms with Gasteiger partial charge in [0.2, 0.25) is 6.10 Å². The summed E-state index contributed by atoms with van der Waals surface area (Å²) >= 11 is 0.964. The van der Waals surface area contributed by atoms with Crippen LogP contribution in [0.4, 0.5) is 10.9 Å². The summed E-state index contributed by atoms with van der Waals surface area (Å²) < 4.78 is 38.2. The lowest BCUT2D eigenvalue weighted by atomic mass is 10.0. The Balaban J connectivity index is 1.65. The number of nitrogens with one attached hydrogen (secondary N) is 1. The van der Waals surface area contributed by atoms with Gasteiger partial charge in [-0.3, -0.25) is 14.1 Å². The number of β-lactam (4-membered cyclic amide) rings is 1. The lowest BCUT2D eigenvalue weighted by molar-refractivity contribution is -0.392. The van der Waals surface area contributed by atoms with E-state index in [1.807, 2.05) is 0 Å². The van der Waals surface area contributed by atoms with Gasteiger partial charge in [0.15, 0.2) is 16.7 Å². The third kappa shape index (κ3) is 6.03. The molecule has 3 heterocycles. The summed E-state index contributed by atoms with van der Waals surface area (Å²) in [6.45, 7) is 3.79. The van der Waals surface area contributed by atoms with Crippen molar-refractivity contribution in [2.75, 3.05) is 12.3 Å². The molecule has 0 saturated carbocycles. The Kier molecular flexibility index (Phi) is 8.27. The van der Waals surface area contributed by atoms with Crippen molar-refractivity contribution in [1.82, 2.24) is 24.2 Å². The number of carbonyl (C=O) groups is 3. The maximum absolute atomic E-state index is 12.8. The van der Waals surface area contributed by atoms with Gasteiger partial charge in [0.05, 0.1) is 6.04 Å². The number of nitrogens with two attached hydrogens (primary N) is 1. The normalized spacial score (nSPS) is 18.5. The van der Waals surface area contributed by atoms with Gasteiger partial charge in [0.25, 0.3) is 11.8 Å². The predicted octanol–water partition coefficient (Wildman–Crippen LogP) is -0.991. The zero-order valence-electron chi connectivity index (χ0n) is 20.0. The second kappa shape index (κ2) is 11.1. The fourth-order valence-electron chi connectivity index (χ4n) is 3.32. The maximum Gasteiger partial charge on any atom is 0.362 e. The van der Waals surface area contributed by atoms with Gasteiger partial charge < -0.3 is 30.7 Å². The van der Waals surface area contributed by atoms with E-state index in [1.165, 1.54) is 23.8 Å². The number of aromatic nitrogens is 3. The molecule has 1 unspecified atom stereocenters. The molecule has 1 aliphatic heterocycles. The third-order valence-corrected chi connectivity index (χ3v) is 6.95. The Morgan fingerprint density at radius 2 is 2.13 bits per heavy atom. The minimum Gasteiger partial charge on any atom is -0.459 e. The highest BCUT2D eigenvalue weighted by molar-refractivity contribution is 7.84. The first-order valence-corrected chi connectivity index (χ1v) is 12.9. The summed E-state index contributed by atoms with van der Waals surface area (Å²) in [6.07, 6.45) is -0.264. The van der Waals surface area contributed by atoms with Crippen LogP contribution in [0.25, 0.3) is 0 Å². The number of carbonyl (C=O) groups excluding carboxylic acids is 3. The highest BCUT2D eigenvalue weighted by Crippen LogP contribution is 2.23. The fourth-order valence-corrected chi connectivity index (χ4v) is 4.75. The quantitative estimate of drug-likeness (QED) is 0.0728. The Bertz CT molecular complexity index is 1400. The number of nitrogens with zero attached hydrogens (tertiary/aromatic N) is 6. The van der Waals surface area contributed by atoms with E-state index < -0.39 is 56.9 Å². The van der Waals surface area contributed by atoms with Crippen LogP contribution in [-0.2, 0) is 40.8 Å². The van der Waals surface area contributed by atoms with Gasteiger partial charge in [0.1, 0.15) is 31.1 Å². The molecule has 20 heteroatoms. The number of oxime groups is 1. The SMILES string of the molecule is Cc1ncc([N+](=O)[O-])n1CCOC(=O)C(C)ON=C(C(=O)N[C@@H]1C(=O)N(S(=O)(=O)O)[C@H]1C)c1csc(N)n1. The molecule has 38 heavy (non-hydrogen) atoms. The number of nitro groups is 1. The molecular weight excluding hydrogens is 552 g/mol. The number of hydrogen-bond donors (Lipinski definition) is 3. The van der Waals surface area contributed by atoms with Crippen LogP contribution in [0.5, 0.6) is 0 Å². The summed E-state index contributed by atoms with van der Waals surface area (Å²) in [5.41, 5.74) is 5.07. The molecular formula is C18H22N8O10S2. The number of esters is 1. The summed E-state index contributed by atoms with van der Waals surface area (Å²) in [7, 11) is -4.80. The molecule has 18 nitrogen and oxygen atoms in total. The number of ether oxygens (including phenoxy) is 1. The van der Waals surface area contributed by atoms with Gasteiger partial charge >= 0.3 is 22.1 Å². The summed E-state index contributed by atoms with van der Waals surface area (Å²) in [5.74, 6) is -2.91. The van der Waals surface area contributed by atoms with Crippen LogP contribution in [-0.4, -0.2) is 85.0 Å². The van der Waals surface area contributed by atoms with Crippen molar-refractivity contribution < 1.29 is 41.9 Å². The topological polar surface area (TPSA) is 252 Å². The van der Waals surface area contributed by atoms with E-state index in [-0.39, 0.29) is 34.1 Å². The van der Waals surface area contributed by atoms with Crippen LogP contribution >= 0.6 is 11.3 Å². The monoisotopic (exact) mass is 574 g/mol. The van der Waals surface area contributed by atoms with E-state index in [1.54, 1.807) is 6.92 Å². The van der Waals surface area contributed by atoms with Gasteiger partial charge in [-0.1, -0.05) is 5.16 Å². The molecule has 1 aliphatic rings. The average Bonchev–Trinajstić information content (AvgIpc) is 3.42. The molecule has 3 atom stereocenters. The largest absolute Gasteiger partial charge is 0.459 e. The lowest BCUT2D eigenvalue weighted by Crippen LogP contribution is -2.71. The lowest BCUT2D eigenvalue weighted by Gasteiger charge is -2.42. The first-order chi connectivity index (χ1) is 17.7. The van der Waals surface area contributed by atoms with Crippen LogP contribution in [0.3, 0.4) is 0 Å². The number of imidazole rings is 1.